The summed E-state index contributed by atoms with van der Waals surface area (Å²) in [4.78, 5) is 22.7. The number of hydrogen-bond acceptors (Lipinski definition) is 8. The largest absolute Gasteiger partial charge is 0.472 e. The molecule has 0 saturated carbocycles. The summed E-state index contributed by atoms with van der Waals surface area (Å²) in [5.41, 5.74) is 0. The van der Waals surface area contributed by atoms with E-state index >= 15 is 0 Å². The molecule has 0 bridgehead atoms. The van der Waals surface area contributed by atoms with Crippen molar-refractivity contribution in [3.05, 3.63) is 48.6 Å². The van der Waals surface area contributed by atoms with Crippen molar-refractivity contribution in [3.63, 3.8) is 0 Å². The maximum absolute atomic E-state index is 12.7. The quantitative estimate of drug-likeness (QED) is 0.0237. The molecule has 352 valence electrons. The Morgan fingerprint density at radius 1 is 0.533 bits per heavy atom. The van der Waals surface area contributed by atoms with Crippen LogP contribution in [0.2, 0.25) is 0 Å². The van der Waals surface area contributed by atoms with E-state index in [4.69, 9.17) is 23.6 Å². The van der Waals surface area contributed by atoms with Gasteiger partial charge in [0.25, 0.3) is 0 Å². The fourth-order valence-corrected chi connectivity index (χ4v) is 7.57. The van der Waals surface area contributed by atoms with E-state index in [0.717, 1.165) is 64.2 Å². The van der Waals surface area contributed by atoms with Crippen molar-refractivity contribution in [2.45, 2.75) is 232 Å². The Kier molecular flexibility index (Phi) is 45.7. The van der Waals surface area contributed by atoms with Gasteiger partial charge >= 0.3 is 13.8 Å². The molecular weight excluding hydrogens is 776 g/mol. The molecule has 0 amide bonds. The Balaban J connectivity index is 4.08. The summed E-state index contributed by atoms with van der Waals surface area (Å²) in [5.74, 6) is -0.387. The Bertz CT molecular complexity index is 1080. The number of phosphoric acid groups is 1. The predicted molar refractivity (Wildman–Crippen MR) is 251 cm³/mol. The third-order valence-corrected chi connectivity index (χ3v) is 11.4. The van der Waals surface area contributed by atoms with Crippen molar-refractivity contribution < 1.29 is 43.0 Å². The standard InChI is InChI=1S/C50H93O9P/c1-3-5-7-9-11-13-15-17-19-21-22-23-24-25-26-27-28-30-32-34-36-38-40-42-50(53)59-49(47-58-60(54,55)57-45-48(52)44-51)46-56-43-41-39-37-35-33-31-29-20-18-16-14-12-10-8-6-4-2/h6,8,12,14,18,20-22,48-49,51-52H,3-5,7,9-11,13,15-17,19,23-47H2,1-2H3,(H,54,55)/b8-6-,14-12-,20-18-,22-21-. The van der Waals surface area contributed by atoms with Crippen LogP contribution in [0.5, 0.6) is 0 Å². The molecule has 0 aliphatic carbocycles. The van der Waals surface area contributed by atoms with E-state index in [2.05, 4.69) is 62.5 Å². The minimum Gasteiger partial charge on any atom is -0.457 e. The van der Waals surface area contributed by atoms with Crippen LogP contribution in [-0.2, 0) is 27.9 Å². The molecule has 0 aromatic rings. The number of aliphatic hydroxyl groups excluding tert-OH is 2. The molecule has 0 fully saturated rings. The van der Waals surface area contributed by atoms with Crippen LogP contribution in [0.4, 0.5) is 0 Å². The zero-order chi connectivity index (χ0) is 43.9. The van der Waals surface area contributed by atoms with Gasteiger partial charge < -0.3 is 24.6 Å². The Morgan fingerprint density at radius 3 is 1.45 bits per heavy atom. The Hall–Kier alpha value is -1.58. The first-order valence-corrected chi connectivity index (χ1v) is 26.1. The molecule has 0 rings (SSSR count). The lowest BCUT2D eigenvalue weighted by molar-refractivity contribution is -0.154. The third-order valence-electron chi connectivity index (χ3n) is 10.5. The second-order valence-electron chi connectivity index (χ2n) is 16.4. The van der Waals surface area contributed by atoms with Crippen molar-refractivity contribution >= 4 is 13.8 Å². The normalized spacial score (nSPS) is 14.3. The number of esters is 1. The number of ether oxygens (including phenoxy) is 2. The second kappa shape index (κ2) is 46.9. The lowest BCUT2D eigenvalue weighted by Crippen LogP contribution is -2.29. The molecule has 0 aliphatic rings. The summed E-state index contributed by atoms with van der Waals surface area (Å²) < 4.78 is 33.5. The maximum Gasteiger partial charge on any atom is 0.472 e. The fraction of sp³-hybridized carbons (Fsp3) is 0.820. The van der Waals surface area contributed by atoms with Gasteiger partial charge in [0.15, 0.2) is 0 Å². The average molecular weight is 869 g/mol. The summed E-state index contributed by atoms with van der Waals surface area (Å²) in [5, 5.41) is 18.4. The fourth-order valence-electron chi connectivity index (χ4n) is 6.78. The number of phosphoric ester groups is 1. The number of rotatable bonds is 47. The highest BCUT2D eigenvalue weighted by atomic mass is 31.2. The molecule has 0 radical (unpaired) electrons. The van der Waals surface area contributed by atoms with Crippen molar-refractivity contribution in [3.8, 4) is 0 Å². The zero-order valence-electron chi connectivity index (χ0n) is 38.7. The molecule has 60 heavy (non-hydrogen) atoms. The van der Waals surface area contributed by atoms with Crippen LogP contribution in [0.15, 0.2) is 48.6 Å². The maximum atomic E-state index is 12.7. The molecule has 10 heteroatoms. The molecule has 9 nitrogen and oxygen atoms in total. The first kappa shape index (κ1) is 58.4. The van der Waals surface area contributed by atoms with Crippen molar-refractivity contribution in [2.75, 3.05) is 33.0 Å². The summed E-state index contributed by atoms with van der Waals surface area (Å²) in [6.45, 7) is 3.40. The van der Waals surface area contributed by atoms with E-state index in [9.17, 15) is 19.4 Å². The molecule has 3 N–H and O–H groups in total. The van der Waals surface area contributed by atoms with Gasteiger partial charge in [-0.05, 0) is 70.6 Å². The average Bonchev–Trinajstić information content (AvgIpc) is 3.24. The summed E-state index contributed by atoms with van der Waals surface area (Å²) in [7, 11) is -4.53. The van der Waals surface area contributed by atoms with Gasteiger partial charge in [-0.3, -0.25) is 13.8 Å². The molecule has 0 spiro atoms. The molecule has 0 aromatic heterocycles. The predicted octanol–water partition coefficient (Wildman–Crippen LogP) is 14.1. The van der Waals surface area contributed by atoms with E-state index in [1.54, 1.807) is 0 Å². The van der Waals surface area contributed by atoms with Crippen LogP contribution in [0.3, 0.4) is 0 Å². The summed E-state index contributed by atoms with van der Waals surface area (Å²) in [6.07, 6.45) is 53.6. The SMILES string of the molecule is CC/C=C\C/C=C\C/C=C\CCCCCCCCOCC(COP(=O)(O)OCC(O)CO)OC(=O)CCCCCCCCCCCCC/C=C\CCCCCCCCCC. The smallest absolute Gasteiger partial charge is 0.457 e. The third kappa shape index (κ3) is 45.9. The number of hydrogen-bond donors (Lipinski definition) is 3. The van der Waals surface area contributed by atoms with Crippen LogP contribution in [0, 0.1) is 0 Å². The van der Waals surface area contributed by atoms with Gasteiger partial charge in [0.1, 0.15) is 12.2 Å². The van der Waals surface area contributed by atoms with Crippen LogP contribution >= 0.6 is 7.82 Å². The highest BCUT2D eigenvalue weighted by Gasteiger charge is 2.26. The van der Waals surface area contributed by atoms with Crippen LogP contribution in [-0.4, -0.2) is 66.3 Å². The van der Waals surface area contributed by atoms with Crippen LogP contribution < -0.4 is 0 Å². The summed E-state index contributed by atoms with van der Waals surface area (Å²) in [6, 6.07) is 0. The van der Waals surface area contributed by atoms with Gasteiger partial charge in [0.2, 0.25) is 0 Å². The molecule has 0 aliphatic heterocycles. The topological polar surface area (TPSA) is 132 Å². The van der Waals surface area contributed by atoms with Gasteiger partial charge in [0.05, 0.1) is 26.4 Å². The first-order valence-electron chi connectivity index (χ1n) is 24.6. The Morgan fingerprint density at radius 2 is 0.950 bits per heavy atom. The number of carbonyl (C=O) groups is 1. The van der Waals surface area contributed by atoms with Crippen molar-refractivity contribution in [1.29, 1.82) is 0 Å². The van der Waals surface area contributed by atoms with Gasteiger partial charge in [0, 0.05) is 13.0 Å². The van der Waals surface area contributed by atoms with Crippen LogP contribution in [0.25, 0.3) is 0 Å². The van der Waals surface area contributed by atoms with E-state index < -0.39 is 33.2 Å². The van der Waals surface area contributed by atoms with Crippen molar-refractivity contribution in [1.82, 2.24) is 0 Å². The molecule has 3 atom stereocenters. The van der Waals surface area contributed by atoms with Gasteiger partial charge in [-0.2, -0.15) is 0 Å². The monoisotopic (exact) mass is 869 g/mol. The number of carbonyl (C=O) groups excluding carboxylic acids is 1. The number of unbranched alkanes of at least 4 members (excludes halogenated alkanes) is 25. The number of aliphatic hydroxyl groups is 2. The highest BCUT2D eigenvalue weighted by molar-refractivity contribution is 7.47. The lowest BCUT2D eigenvalue weighted by atomic mass is 10.0. The van der Waals surface area contributed by atoms with E-state index in [-0.39, 0.29) is 25.6 Å². The molecule has 3 unspecified atom stereocenters. The van der Waals surface area contributed by atoms with E-state index in [0.29, 0.717) is 6.61 Å². The van der Waals surface area contributed by atoms with Gasteiger partial charge in [-0.25, -0.2) is 4.57 Å². The number of allylic oxidation sites excluding steroid dienone is 8. The minimum absolute atomic E-state index is 0.0401. The first-order chi connectivity index (χ1) is 29.3. The minimum atomic E-state index is -4.53. The van der Waals surface area contributed by atoms with Crippen LogP contribution in [0.1, 0.15) is 219 Å². The molecule has 0 aromatic carbocycles. The van der Waals surface area contributed by atoms with Crippen molar-refractivity contribution in [2.24, 2.45) is 0 Å². The highest BCUT2D eigenvalue weighted by Crippen LogP contribution is 2.43. The van der Waals surface area contributed by atoms with Gasteiger partial charge in [-0.15, -0.1) is 0 Å². The Labute approximate surface area is 368 Å². The summed E-state index contributed by atoms with van der Waals surface area (Å²) >= 11 is 0. The van der Waals surface area contributed by atoms with Gasteiger partial charge in [-0.1, -0.05) is 191 Å². The van der Waals surface area contributed by atoms with E-state index in [1.165, 1.54) is 135 Å². The van der Waals surface area contributed by atoms with E-state index in [1.807, 2.05) is 0 Å². The second-order valence-corrected chi connectivity index (χ2v) is 17.9. The molecular formula is C50H93O9P. The lowest BCUT2D eigenvalue weighted by Gasteiger charge is -2.20. The molecule has 0 heterocycles. The molecule has 0 saturated heterocycles. The zero-order valence-corrected chi connectivity index (χ0v) is 39.6.